The number of fused-ring (bicyclic) bond motifs is 1. The fourth-order valence-corrected chi connectivity index (χ4v) is 5.26. The van der Waals surface area contributed by atoms with Gasteiger partial charge in [0, 0.05) is 13.0 Å². The number of benzene rings is 1. The van der Waals surface area contributed by atoms with Gasteiger partial charge >= 0.3 is 6.01 Å². The maximum Gasteiger partial charge on any atom is 0.319 e. The van der Waals surface area contributed by atoms with Crippen LogP contribution in [0.15, 0.2) is 4.47 Å². The van der Waals surface area contributed by atoms with Crippen molar-refractivity contribution in [2.24, 2.45) is 0 Å². The van der Waals surface area contributed by atoms with E-state index in [1.54, 1.807) is 0 Å². The zero-order valence-electron chi connectivity index (χ0n) is 15.8. The zero-order valence-corrected chi connectivity index (χ0v) is 18.1. The van der Waals surface area contributed by atoms with E-state index in [9.17, 15) is 8.78 Å². The zero-order chi connectivity index (χ0) is 20.3. The molecule has 0 aliphatic carbocycles. The number of nitrogens with zero attached hydrogens (tertiary/aromatic N) is 3. The normalized spacial score (nSPS) is 28.7. The Morgan fingerprint density at radius 1 is 1.45 bits per heavy atom. The van der Waals surface area contributed by atoms with Crippen molar-refractivity contribution in [2.45, 2.75) is 43.9 Å². The van der Waals surface area contributed by atoms with Crippen LogP contribution in [0.25, 0.3) is 10.9 Å². The Kier molecular flexibility index (Phi) is 4.75. The summed E-state index contributed by atoms with van der Waals surface area (Å²) >= 11 is 9.48. The standard InChI is InChI=1S/C19H20BrClF2N4O2/c1-9-7-28-16-11-15(14(23)12(20)13(16)21)25-18(26-17(11)24-9)29-8-19-3-2-4-27(19)6-10(22)5-19/h9-10H,2-8H2,1H3,(H,24,25,26)/t9-,10+,19-/m0/s1. The third-order valence-corrected chi connectivity index (χ3v) is 7.33. The van der Waals surface area contributed by atoms with Crippen molar-refractivity contribution in [2.75, 3.05) is 31.6 Å². The summed E-state index contributed by atoms with van der Waals surface area (Å²) in [4.78, 5) is 10.9. The monoisotopic (exact) mass is 488 g/mol. The van der Waals surface area contributed by atoms with Gasteiger partial charge in [-0.2, -0.15) is 9.97 Å². The molecule has 1 aromatic heterocycles. The Morgan fingerprint density at radius 3 is 3.10 bits per heavy atom. The van der Waals surface area contributed by atoms with Crippen molar-refractivity contribution >= 4 is 44.3 Å². The lowest BCUT2D eigenvalue weighted by molar-refractivity contribution is 0.107. The molecule has 29 heavy (non-hydrogen) atoms. The van der Waals surface area contributed by atoms with Gasteiger partial charge in [-0.3, -0.25) is 4.90 Å². The molecule has 3 atom stereocenters. The van der Waals surface area contributed by atoms with Gasteiger partial charge in [-0.15, -0.1) is 0 Å². The van der Waals surface area contributed by atoms with E-state index < -0.39 is 12.0 Å². The second-order valence-electron chi connectivity index (χ2n) is 8.07. The topological polar surface area (TPSA) is 59.5 Å². The molecule has 2 aromatic rings. The number of hydrogen-bond acceptors (Lipinski definition) is 6. The number of anilines is 1. The van der Waals surface area contributed by atoms with Crippen molar-refractivity contribution in [3.63, 3.8) is 0 Å². The number of ether oxygens (including phenoxy) is 2. The molecule has 156 valence electrons. The average molecular weight is 490 g/mol. The van der Waals surface area contributed by atoms with E-state index in [-0.39, 0.29) is 39.2 Å². The third-order valence-electron chi connectivity index (χ3n) is 6.00. The summed E-state index contributed by atoms with van der Waals surface area (Å²) in [6.07, 6.45) is 1.48. The van der Waals surface area contributed by atoms with Crippen LogP contribution in [-0.4, -0.2) is 58.9 Å². The van der Waals surface area contributed by atoms with Gasteiger partial charge in [0.05, 0.1) is 21.4 Å². The molecule has 5 rings (SSSR count). The van der Waals surface area contributed by atoms with Gasteiger partial charge in [0.15, 0.2) is 11.6 Å². The first-order chi connectivity index (χ1) is 13.9. The van der Waals surface area contributed by atoms with Crippen molar-refractivity contribution in [1.82, 2.24) is 14.9 Å². The van der Waals surface area contributed by atoms with Gasteiger partial charge in [0.1, 0.15) is 35.7 Å². The highest BCUT2D eigenvalue weighted by Gasteiger charge is 2.49. The molecule has 0 amide bonds. The number of nitrogens with one attached hydrogen (secondary N) is 1. The third kappa shape index (κ3) is 3.13. The quantitative estimate of drug-likeness (QED) is 0.648. The molecule has 4 heterocycles. The molecule has 2 saturated heterocycles. The molecule has 0 radical (unpaired) electrons. The Labute approximate surface area is 180 Å². The molecular formula is C19H20BrClF2N4O2. The lowest BCUT2D eigenvalue weighted by Gasteiger charge is -2.30. The summed E-state index contributed by atoms with van der Waals surface area (Å²) in [5.74, 6) is 0.145. The first-order valence-electron chi connectivity index (χ1n) is 9.67. The molecule has 1 aromatic carbocycles. The van der Waals surface area contributed by atoms with Crippen LogP contribution in [0, 0.1) is 5.82 Å². The Hall–Kier alpha value is -1.45. The largest absolute Gasteiger partial charge is 0.489 e. The molecule has 0 spiro atoms. The van der Waals surface area contributed by atoms with Gasteiger partial charge in [-0.1, -0.05) is 11.6 Å². The van der Waals surface area contributed by atoms with Crippen molar-refractivity contribution in [3.05, 3.63) is 15.3 Å². The van der Waals surface area contributed by atoms with Crippen molar-refractivity contribution in [3.8, 4) is 11.8 Å². The van der Waals surface area contributed by atoms with Gasteiger partial charge in [-0.25, -0.2) is 8.78 Å². The molecule has 0 unspecified atom stereocenters. The molecule has 2 fully saturated rings. The minimum Gasteiger partial charge on any atom is -0.489 e. The molecule has 3 aliphatic heterocycles. The Bertz CT molecular complexity index is 997. The van der Waals surface area contributed by atoms with Crippen LogP contribution >= 0.6 is 27.5 Å². The van der Waals surface area contributed by atoms with Crippen LogP contribution in [0.1, 0.15) is 26.2 Å². The van der Waals surface area contributed by atoms with Gasteiger partial charge in [-0.05, 0) is 42.2 Å². The summed E-state index contributed by atoms with van der Waals surface area (Å²) in [6.45, 7) is 3.85. The molecule has 3 aliphatic rings. The first-order valence-corrected chi connectivity index (χ1v) is 10.8. The second-order valence-corrected chi connectivity index (χ2v) is 9.24. The predicted molar refractivity (Wildman–Crippen MR) is 109 cm³/mol. The van der Waals surface area contributed by atoms with Crippen molar-refractivity contribution < 1.29 is 18.3 Å². The molecule has 10 heteroatoms. The Morgan fingerprint density at radius 2 is 2.28 bits per heavy atom. The van der Waals surface area contributed by atoms with Crippen LogP contribution in [0.4, 0.5) is 14.6 Å². The summed E-state index contributed by atoms with van der Waals surface area (Å²) in [5.41, 5.74) is -0.270. The maximum atomic E-state index is 15.0. The van der Waals surface area contributed by atoms with E-state index in [1.165, 1.54) is 0 Å². The summed E-state index contributed by atoms with van der Waals surface area (Å²) in [5, 5.41) is 3.74. The Balaban J connectivity index is 1.55. The summed E-state index contributed by atoms with van der Waals surface area (Å²) in [7, 11) is 0. The second kappa shape index (κ2) is 7.06. The lowest BCUT2D eigenvalue weighted by atomic mass is 9.95. The van der Waals surface area contributed by atoms with E-state index in [1.807, 2.05) is 6.92 Å². The van der Waals surface area contributed by atoms with E-state index >= 15 is 0 Å². The minimum absolute atomic E-state index is 0.0525. The summed E-state index contributed by atoms with van der Waals surface area (Å²) < 4.78 is 40.8. The van der Waals surface area contributed by atoms with E-state index in [0.29, 0.717) is 36.5 Å². The number of rotatable bonds is 3. The molecular weight excluding hydrogens is 470 g/mol. The SMILES string of the molecule is C[C@H]1COc2c(Cl)c(Br)c(F)c3nc(OC[C@@]45CCCN4C[C@H](F)C5)nc(c23)N1. The fraction of sp³-hybridized carbons (Fsp3) is 0.579. The number of aromatic nitrogens is 2. The van der Waals surface area contributed by atoms with Gasteiger partial charge in [0.25, 0.3) is 0 Å². The van der Waals surface area contributed by atoms with Crippen LogP contribution in [0.3, 0.4) is 0 Å². The van der Waals surface area contributed by atoms with E-state index in [2.05, 4.69) is 36.1 Å². The highest BCUT2D eigenvalue weighted by molar-refractivity contribution is 9.10. The smallest absolute Gasteiger partial charge is 0.319 e. The molecule has 1 N–H and O–H groups in total. The lowest BCUT2D eigenvalue weighted by Crippen LogP contribution is -2.43. The van der Waals surface area contributed by atoms with Crippen LogP contribution in [0.5, 0.6) is 11.8 Å². The molecule has 0 saturated carbocycles. The highest BCUT2D eigenvalue weighted by Crippen LogP contribution is 2.45. The van der Waals surface area contributed by atoms with Crippen LogP contribution < -0.4 is 14.8 Å². The van der Waals surface area contributed by atoms with Gasteiger partial charge < -0.3 is 14.8 Å². The number of hydrogen-bond donors (Lipinski definition) is 1. The fourth-order valence-electron chi connectivity index (χ4n) is 4.66. The number of halogens is 4. The minimum atomic E-state index is -0.848. The van der Waals surface area contributed by atoms with Crippen LogP contribution in [-0.2, 0) is 0 Å². The average Bonchev–Trinajstić information content (AvgIpc) is 3.14. The number of alkyl halides is 1. The summed E-state index contributed by atoms with van der Waals surface area (Å²) in [6, 6.07) is -0.0194. The first kappa shape index (κ1) is 19.5. The van der Waals surface area contributed by atoms with E-state index in [0.717, 1.165) is 19.4 Å². The van der Waals surface area contributed by atoms with E-state index in [4.69, 9.17) is 21.1 Å². The highest BCUT2D eigenvalue weighted by atomic mass is 79.9. The molecule has 0 bridgehead atoms. The van der Waals surface area contributed by atoms with Crippen LogP contribution in [0.2, 0.25) is 5.02 Å². The predicted octanol–water partition coefficient (Wildman–Crippen LogP) is 4.33. The molecule has 6 nitrogen and oxygen atoms in total. The maximum absolute atomic E-state index is 15.0. The van der Waals surface area contributed by atoms with Crippen molar-refractivity contribution in [1.29, 1.82) is 0 Å². The van der Waals surface area contributed by atoms with Gasteiger partial charge in [0.2, 0.25) is 0 Å².